The molecule has 0 amide bonds. The van der Waals surface area contributed by atoms with Crippen molar-refractivity contribution in [2.45, 2.75) is 5.33 Å². The number of ether oxygens (including phenoxy) is 1. The second-order valence-corrected chi connectivity index (χ2v) is 5.45. The van der Waals surface area contributed by atoms with E-state index in [1.807, 2.05) is 18.2 Å². The Morgan fingerprint density at radius 3 is 2.61 bits per heavy atom. The van der Waals surface area contributed by atoms with E-state index in [1.54, 1.807) is 6.07 Å². The lowest BCUT2D eigenvalue weighted by atomic mass is 10.2. The number of halogens is 4. The highest BCUT2D eigenvalue weighted by Crippen LogP contribution is 2.31. The van der Waals surface area contributed by atoms with Gasteiger partial charge < -0.3 is 4.74 Å². The van der Waals surface area contributed by atoms with Crippen LogP contribution in [0.1, 0.15) is 5.56 Å². The second kappa shape index (κ2) is 6.04. The fraction of sp³-hybridized carbons (Fsp3) is 0.0769. The Morgan fingerprint density at radius 1 is 1.17 bits per heavy atom. The van der Waals surface area contributed by atoms with Gasteiger partial charge in [0.25, 0.3) is 0 Å². The van der Waals surface area contributed by atoms with Crippen molar-refractivity contribution in [3.63, 3.8) is 0 Å². The van der Waals surface area contributed by atoms with Gasteiger partial charge in [-0.25, -0.2) is 4.39 Å². The molecule has 0 saturated carbocycles. The summed E-state index contributed by atoms with van der Waals surface area (Å²) < 4.78 is 19.7. The molecule has 0 aromatic heterocycles. The molecule has 0 aliphatic carbocycles. The van der Waals surface area contributed by atoms with Gasteiger partial charge in [-0.2, -0.15) is 0 Å². The summed E-state index contributed by atoms with van der Waals surface area (Å²) in [6.07, 6.45) is 0. The van der Waals surface area contributed by atoms with Gasteiger partial charge in [0.1, 0.15) is 17.3 Å². The van der Waals surface area contributed by atoms with E-state index in [4.69, 9.17) is 16.3 Å². The van der Waals surface area contributed by atoms with Gasteiger partial charge in [0.2, 0.25) is 0 Å². The third-order valence-corrected chi connectivity index (χ3v) is 3.67. The van der Waals surface area contributed by atoms with E-state index in [0.29, 0.717) is 16.8 Å². The number of rotatable bonds is 3. The van der Waals surface area contributed by atoms with Crippen LogP contribution in [-0.4, -0.2) is 0 Å². The molecule has 18 heavy (non-hydrogen) atoms. The Hall–Kier alpha value is -0.580. The Kier molecular flexibility index (Phi) is 4.65. The molecule has 0 saturated heterocycles. The summed E-state index contributed by atoms with van der Waals surface area (Å²) in [5.41, 5.74) is 0.991. The molecule has 0 heterocycles. The average Bonchev–Trinajstić information content (AvgIpc) is 2.36. The third kappa shape index (κ3) is 3.25. The molecule has 2 aromatic carbocycles. The highest BCUT2D eigenvalue weighted by Gasteiger charge is 2.07. The molecule has 5 heteroatoms. The van der Waals surface area contributed by atoms with E-state index < -0.39 is 5.82 Å². The summed E-state index contributed by atoms with van der Waals surface area (Å²) in [5, 5.41) is 0.710. The van der Waals surface area contributed by atoms with Gasteiger partial charge in [-0.3, -0.25) is 0 Å². The number of benzene rings is 2. The quantitative estimate of drug-likeness (QED) is 0.587. The fourth-order valence-electron chi connectivity index (χ4n) is 1.42. The maximum absolute atomic E-state index is 13.0. The van der Waals surface area contributed by atoms with Crippen LogP contribution in [0.3, 0.4) is 0 Å². The zero-order valence-corrected chi connectivity index (χ0v) is 13.0. The summed E-state index contributed by atoms with van der Waals surface area (Å²) in [6.45, 7) is 0. The summed E-state index contributed by atoms with van der Waals surface area (Å²) >= 11 is 12.5. The van der Waals surface area contributed by atoms with E-state index in [2.05, 4.69) is 31.9 Å². The topological polar surface area (TPSA) is 9.23 Å². The summed E-state index contributed by atoms with van der Waals surface area (Å²) in [6, 6.07) is 9.96. The van der Waals surface area contributed by atoms with Crippen LogP contribution in [0.2, 0.25) is 5.02 Å². The molecule has 1 nitrogen and oxygen atoms in total. The third-order valence-electron chi connectivity index (χ3n) is 2.29. The summed E-state index contributed by atoms with van der Waals surface area (Å²) in [4.78, 5) is 0. The van der Waals surface area contributed by atoms with Gasteiger partial charge in [0, 0.05) is 21.4 Å². The van der Waals surface area contributed by atoms with Crippen molar-refractivity contribution < 1.29 is 9.13 Å². The minimum Gasteiger partial charge on any atom is -0.457 e. The molecule has 2 rings (SSSR count). The molecular formula is C13H8Br2ClFO. The molecule has 0 spiro atoms. The van der Waals surface area contributed by atoms with Gasteiger partial charge in [-0.1, -0.05) is 43.5 Å². The van der Waals surface area contributed by atoms with Crippen LogP contribution in [-0.2, 0) is 5.33 Å². The van der Waals surface area contributed by atoms with Gasteiger partial charge >= 0.3 is 0 Å². The number of alkyl halides is 1. The van der Waals surface area contributed by atoms with Gasteiger partial charge in [-0.15, -0.1) is 0 Å². The molecule has 94 valence electrons. The average molecular weight is 394 g/mol. The van der Waals surface area contributed by atoms with Crippen LogP contribution >= 0.6 is 43.5 Å². The van der Waals surface area contributed by atoms with E-state index in [-0.39, 0.29) is 5.02 Å². The first kappa shape index (κ1) is 13.8. The Morgan fingerprint density at radius 2 is 1.94 bits per heavy atom. The number of hydrogen-bond acceptors (Lipinski definition) is 1. The Balaban J connectivity index is 2.30. The van der Waals surface area contributed by atoms with Crippen molar-refractivity contribution >= 4 is 43.5 Å². The molecule has 0 aliphatic heterocycles. The smallest absolute Gasteiger partial charge is 0.142 e. The zero-order valence-electron chi connectivity index (χ0n) is 9.09. The molecule has 2 aromatic rings. The standard InChI is InChI=1S/C13H8Br2ClFO/c14-7-8-5-9(15)1-4-13(8)18-10-2-3-12(17)11(16)6-10/h1-6H,7H2. The highest BCUT2D eigenvalue weighted by molar-refractivity contribution is 9.10. The predicted molar refractivity (Wildman–Crippen MR) is 78.3 cm³/mol. The molecule has 0 N–H and O–H groups in total. The normalized spacial score (nSPS) is 10.4. The van der Waals surface area contributed by atoms with E-state index in [1.165, 1.54) is 12.1 Å². The first-order chi connectivity index (χ1) is 8.60. The van der Waals surface area contributed by atoms with Crippen LogP contribution in [0.15, 0.2) is 40.9 Å². The SMILES string of the molecule is Fc1ccc(Oc2ccc(Br)cc2CBr)cc1Cl. The largest absolute Gasteiger partial charge is 0.457 e. The lowest BCUT2D eigenvalue weighted by Crippen LogP contribution is -1.90. The van der Waals surface area contributed by atoms with Gasteiger partial charge in [0.05, 0.1) is 5.02 Å². The van der Waals surface area contributed by atoms with Crippen LogP contribution in [0.5, 0.6) is 11.5 Å². The predicted octanol–water partition coefficient (Wildman–Crippen LogP) is 5.93. The van der Waals surface area contributed by atoms with Crippen molar-refractivity contribution in [3.05, 3.63) is 57.3 Å². The van der Waals surface area contributed by atoms with Gasteiger partial charge in [0.15, 0.2) is 0 Å². The van der Waals surface area contributed by atoms with Crippen molar-refractivity contribution in [2.24, 2.45) is 0 Å². The minimum absolute atomic E-state index is 0.0463. The Labute approximate surface area is 126 Å². The van der Waals surface area contributed by atoms with Crippen molar-refractivity contribution in [3.8, 4) is 11.5 Å². The number of hydrogen-bond donors (Lipinski definition) is 0. The van der Waals surface area contributed by atoms with Crippen LogP contribution < -0.4 is 4.74 Å². The molecule has 0 bridgehead atoms. The first-order valence-corrected chi connectivity index (χ1v) is 7.36. The summed E-state index contributed by atoms with van der Waals surface area (Å²) in [5.74, 6) is 0.754. The molecule has 0 atom stereocenters. The van der Waals surface area contributed by atoms with Crippen molar-refractivity contribution in [1.82, 2.24) is 0 Å². The monoisotopic (exact) mass is 392 g/mol. The minimum atomic E-state index is -0.458. The zero-order chi connectivity index (χ0) is 13.1. The second-order valence-electron chi connectivity index (χ2n) is 3.56. The van der Waals surface area contributed by atoms with E-state index in [0.717, 1.165) is 10.0 Å². The van der Waals surface area contributed by atoms with Crippen LogP contribution in [0.25, 0.3) is 0 Å². The fourth-order valence-corrected chi connectivity index (χ4v) is 2.44. The van der Waals surface area contributed by atoms with E-state index >= 15 is 0 Å². The first-order valence-electron chi connectivity index (χ1n) is 5.07. The van der Waals surface area contributed by atoms with E-state index in [9.17, 15) is 4.39 Å². The van der Waals surface area contributed by atoms with Gasteiger partial charge in [-0.05, 0) is 30.3 Å². The Bertz CT molecular complexity index is 575. The lowest BCUT2D eigenvalue weighted by molar-refractivity contribution is 0.476. The van der Waals surface area contributed by atoms with Crippen LogP contribution in [0, 0.1) is 5.82 Å². The maximum atomic E-state index is 13.0. The molecule has 0 radical (unpaired) electrons. The molecule has 0 fully saturated rings. The molecule has 0 unspecified atom stereocenters. The van der Waals surface area contributed by atoms with Crippen molar-refractivity contribution in [1.29, 1.82) is 0 Å². The molecular weight excluding hydrogens is 386 g/mol. The molecule has 0 aliphatic rings. The maximum Gasteiger partial charge on any atom is 0.142 e. The van der Waals surface area contributed by atoms with Crippen LogP contribution in [0.4, 0.5) is 4.39 Å². The lowest BCUT2D eigenvalue weighted by Gasteiger charge is -2.10. The van der Waals surface area contributed by atoms with Crippen molar-refractivity contribution in [2.75, 3.05) is 0 Å². The summed E-state index contributed by atoms with van der Waals surface area (Å²) in [7, 11) is 0. The highest BCUT2D eigenvalue weighted by atomic mass is 79.9.